The van der Waals surface area contributed by atoms with Gasteiger partial charge in [-0.15, -0.1) is 5.10 Å². The molecular formula is C10H12N4OS. The molecule has 2 aromatic heterocycles. The number of rotatable bonds is 4. The Morgan fingerprint density at radius 3 is 3.06 bits per heavy atom. The van der Waals surface area contributed by atoms with E-state index in [9.17, 15) is 4.79 Å². The summed E-state index contributed by atoms with van der Waals surface area (Å²) in [5, 5.41) is 9.01. The van der Waals surface area contributed by atoms with Gasteiger partial charge in [0.05, 0.1) is 17.9 Å². The van der Waals surface area contributed by atoms with Gasteiger partial charge in [-0.3, -0.25) is 4.79 Å². The third-order valence-electron chi connectivity index (χ3n) is 2.20. The zero-order chi connectivity index (χ0) is 11.4. The predicted molar refractivity (Wildman–Crippen MR) is 63.6 cm³/mol. The summed E-state index contributed by atoms with van der Waals surface area (Å²) >= 11 is 1.33. The Morgan fingerprint density at radius 2 is 2.38 bits per heavy atom. The summed E-state index contributed by atoms with van der Waals surface area (Å²) < 4.78 is 5.43. The molecule has 0 aliphatic rings. The smallest absolute Gasteiger partial charge is 0.250 e. The van der Waals surface area contributed by atoms with Crippen molar-refractivity contribution in [1.29, 1.82) is 0 Å². The van der Waals surface area contributed by atoms with Gasteiger partial charge in [0.2, 0.25) is 0 Å². The van der Waals surface area contributed by atoms with Crippen LogP contribution >= 0.6 is 11.5 Å². The van der Waals surface area contributed by atoms with E-state index < -0.39 is 0 Å². The van der Waals surface area contributed by atoms with Crippen molar-refractivity contribution in [1.82, 2.24) is 14.2 Å². The fraction of sp³-hybridized carbons (Fsp3) is 0.300. The van der Waals surface area contributed by atoms with Crippen LogP contribution in [0.5, 0.6) is 0 Å². The Morgan fingerprint density at radius 1 is 1.50 bits per heavy atom. The molecule has 1 N–H and O–H groups in total. The Kier molecular flexibility index (Phi) is 3.31. The lowest BCUT2D eigenvalue weighted by Gasteiger charge is -2.07. The second-order valence-corrected chi connectivity index (χ2v) is 3.90. The number of nitrogens with one attached hydrogen (secondary N) is 1. The third-order valence-corrected chi connectivity index (χ3v) is 2.76. The summed E-state index contributed by atoms with van der Waals surface area (Å²) in [6.07, 6.45) is 1.81. The first-order chi connectivity index (χ1) is 7.79. The molecule has 5 nitrogen and oxygen atoms in total. The molecule has 16 heavy (non-hydrogen) atoms. The highest BCUT2D eigenvalue weighted by atomic mass is 32.1. The summed E-state index contributed by atoms with van der Waals surface area (Å²) in [5.74, 6) is 0. The van der Waals surface area contributed by atoms with Gasteiger partial charge in [0.15, 0.2) is 0 Å². The van der Waals surface area contributed by atoms with Gasteiger partial charge < -0.3 is 9.88 Å². The van der Waals surface area contributed by atoms with Gasteiger partial charge in [-0.2, -0.15) is 0 Å². The molecule has 0 saturated heterocycles. The van der Waals surface area contributed by atoms with Crippen molar-refractivity contribution in [3.05, 3.63) is 39.8 Å². The zero-order valence-electron chi connectivity index (χ0n) is 8.88. The molecule has 0 unspecified atom stereocenters. The Bertz CT molecular complexity index is 506. The molecule has 0 spiro atoms. The van der Waals surface area contributed by atoms with E-state index in [0.717, 1.165) is 11.4 Å². The van der Waals surface area contributed by atoms with E-state index in [0.29, 0.717) is 13.1 Å². The molecule has 0 aliphatic carbocycles. The van der Waals surface area contributed by atoms with Crippen LogP contribution in [0.25, 0.3) is 0 Å². The normalized spacial score (nSPS) is 10.3. The molecule has 0 aliphatic heterocycles. The van der Waals surface area contributed by atoms with E-state index in [1.807, 2.05) is 18.5 Å². The van der Waals surface area contributed by atoms with Gasteiger partial charge in [0.1, 0.15) is 0 Å². The zero-order valence-corrected chi connectivity index (χ0v) is 9.70. The molecule has 0 fully saturated rings. The lowest BCUT2D eigenvalue weighted by molar-refractivity contribution is 0.727. The van der Waals surface area contributed by atoms with E-state index in [1.54, 1.807) is 16.7 Å². The molecule has 2 heterocycles. The van der Waals surface area contributed by atoms with Gasteiger partial charge in [-0.1, -0.05) is 4.49 Å². The largest absolute Gasteiger partial charge is 0.378 e. The lowest BCUT2D eigenvalue weighted by atomic mass is 10.4. The predicted octanol–water partition coefficient (Wildman–Crippen LogP) is 1.33. The molecule has 0 radical (unpaired) electrons. The standard InChI is InChI=1S/C10H12N4OS/c1-2-14-6-8(3-4-10(14)15)11-5-9-7-16-13-12-9/h3-4,6-7,11H,2,5H2,1H3. The van der Waals surface area contributed by atoms with Crippen LogP contribution in [0.3, 0.4) is 0 Å². The summed E-state index contributed by atoms with van der Waals surface area (Å²) in [7, 11) is 0. The molecule has 2 rings (SSSR count). The Labute approximate surface area is 96.9 Å². The van der Waals surface area contributed by atoms with Crippen LogP contribution in [0.2, 0.25) is 0 Å². The second-order valence-electron chi connectivity index (χ2n) is 3.29. The van der Waals surface area contributed by atoms with E-state index in [1.165, 1.54) is 11.5 Å². The molecular weight excluding hydrogens is 224 g/mol. The van der Waals surface area contributed by atoms with Crippen LogP contribution in [0.4, 0.5) is 5.69 Å². The van der Waals surface area contributed by atoms with Crippen molar-refractivity contribution in [3.63, 3.8) is 0 Å². The van der Waals surface area contributed by atoms with Crippen LogP contribution in [-0.2, 0) is 13.1 Å². The van der Waals surface area contributed by atoms with Crippen LogP contribution in [0.15, 0.2) is 28.5 Å². The van der Waals surface area contributed by atoms with Gasteiger partial charge in [0.25, 0.3) is 5.56 Å². The lowest BCUT2D eigenvalue weighted by Crippen LogP contribution is -2.17. The number of aryl methyl sites for hydroxylation is 1. The number of aromatic nitrogens is 3. The summed E-state index contributed by atoms with van der Waals surface area (Å²) in [5.41, 5.74) is 1.83. The van der Waals surface area contributed by atoms with E-state index in [-0.39, 0.29) is 5.56 Å². The first-order valence-corrected chi connectivity index (χ1v) is 5.83. The van der Waals surface area contributed by atoms with Crippen LogP contribution < -0.4 is 10.9 Å². The minimum absolute atomic E-state index is 0.0170. The first kappa shape index (κ1) is 10.8. The number of anilines is 1. The maximum absolute atomic E-state index is 11.3. The van der Waals surface area contributed by atoms with Crippen molar-refractivity contribution >= 4 is 17.2 Å². The minimum atomic E-state index is 0.0170. The van der Waals surface area contributed by atoms with Crippen molar-refractivity contribution in [2.75, 3.05) is 5.32 Å². The maximum atomic E-state index is 11.3. The first-order valence-electron chi connectivity index (χ1n) is 5.00. The van der Waals surface area contributed by atoms with Gasteiger partial charge in [0, 0.05) is 24.2 Å². The van der Waals surface area contributed by atoms with Crippen LogP contribution in [0.1, 0.15) is 12.6 Å². The average molecular weight is 236 g/mol. The summed E-state index contributed by atoms with van der Waals surface area (Å²) in [6, 6.07) is 3.33. The van der Waals surface area contributed by atoms with E-state index in [4.69, 9.17) is 0 Å². The quantitative estimate of drug-likeness (QED) is 0.870. The Hall–Kier alpha value is -1.69. The fourth-order valence-corrected chi connectivity index (χ4v) is 1.79. The van der Waals surface area contributed by atoms with Gasteiger partial charge in [-0.05, 0) is 24.5 Å². The molecule has 0 atom stereocenters. The molecule has 84 valence electrons. The molecule has 0 aromatic carbocycles. The summed E-state index contributed by atoms with van der Waals surface area (Å²) in [6.45, 7) is 3.24. The van der Waals surface area contributed by atoms with Crippen LogP contribution in [-0.4, -0.2) is 14.2 Å². The monoisotopic (exact) mass is 236 g/mol. The summed E-state index contributed by atoms with van der Waals surface area (Å²) in [4.78, 5) is 11.3. The van der Waals surface area contributed by atoms with Crippen molar-refractivity contribution in [3.8, 4) is 0 Å². The van der Waals surface area contributed by atoms with Gasteiger partial charge in [-0.25, -0.2) is 0 Å². The average Bonchev–Trinajstić information content (AvgIpc) is 2.81. The fourth-order valence-electron chi connectivity index (χ4n) is 1.34. The number of hydrogen-bond acceptors (Lipinski definition) is 5. The number of pyridine rings is 1. The van der Waals surface area contributed by atoms with Crippen molar-refractivity contribution < 1.29 is 0 Å². The molecule has 2 aromatic rings. The molecule has 0 saturated carbocycles. The highest BCUT2D eigenvalue weighted by Gasteiger charge is 1.98. The second kappa shape index (κ2) is 4.89. The topological polar surface area (TPSA) is 59.8 Å². The molecule has 0 bridgehead atoms. The van der Waals surface area contributed by atoms with E-state index in [2.05, 4.69) is 14.9 Å². The minimum Gasteiger partial charge on any atom is -0.378 e. The molecule has 0 amide bonds. The maximum Gasteiger partial charge on any atom is 0.250 e. The van der Waals surface area contributed by atoms with Gasteiger partial charge >= 0.3 is 0 Å². The van der Waals surface area contributed by atoms with Crippen molar-refractivity contribution in [2.45, 2.75) is 20.0 Å². The Balaban J connectivity index is 2.07. The van der Waals surface area contributed by atoms with Crippen LogP contribution in [0, 0.1) is 0 Å². The SMILES string of the molecule is CCn1cc(NCc2csnn2)ccc1=O. The highest BCUT2D eigenvalue weighted by molar-refractivity contribution is 7.03. The third kappa shape index (κ3) is 2.46. The van der Waals surface area contributed by atoms with Crippen molar-refractivity contribution in [2.24, 2.45) is 0 Å². The highest BCUT2D eigenvalue weighted by Crippen LogP contribution is 2.06. The van der Waals surface area contributed by atoms with E-state index >= 15 is 0 Å². The number of hydrogen-bond donors (Lipinski definition) is 1. The number of nitrogens with zero attached hydrogens (tertiary/aromatic N) is 3. The molecule has 6 heteroatoms.